The number of aromatic nitrogens is 2. The number of nitrogens with zero attached hydrogens (tertiary/aromatic N) is 3. The molecule has 0 saturated carbocycles. The van der Waals surface area contributed by atoms with Crippen LogP contribution in [0.15, 0.2) is 33.7 Å². The summed E-state index contributed by atoms with van der Waals surface area (Å²) in [6.45, 7) is 0.224. The molecule has 0 amide bonds. The molecular weight excluding hydrogens is 318 g/mol. The number of benzene rings is 1. The molecule has 0 aliphatic carbocycles. The van der Waals surface area contributed by atoms with Crippen molar-refractivity contribution in [3.05, 3.63) is 30.2 Å². The molecule has 0 bridgehead atoms. The van der Waals surface area contributed by atoms with Gasteiger partial charge in [-0.15, -0.1) is 0 Å². The van der Waals surface area contributed by atoms with E-state index in [1.807, 2.05) is 0 Å². The van der Waals surface area contributed by atoms with Crippen LogP contribution in [0.2, 0.25) is 0 Å². The van der Waals surface area contributed by atoms with E-state index < -0.39 is 20.5 Å². The lowest BCUT2D eigenvalue weighted by molar-refractivity contribution is 0.234. The average Bonchev–Trinajstić information content (AvgIpc) is 2.94. The van der Waals surface area contributed by atoms with Crippen LogP contribution >= 0.6 is 0 Å². The van der Waals surface area contributed by atoms with E-state index in [-0.39, 0.29) is 6.54 Å². The van der Waals surface area contributed by atoms with E-state index >= 15 is 0 Å². The predicted octanol–water partition coefficient (Wildman–Crippen LogP) is 1.74. The molecule has 0 aliphatic heterocycles. The molecule has 0 unspecified atom stereocenters. The van der Waals surface area contributed by atoms with Gasteiger partial charge in [-0.2, -0.15) is 13.8 Å². The zero-order chi connectivity index (χ0) is 16.3. The molecule has 1 heterocycles. The summed E-state index contributed by atoms with van der Waals surface area (Å²) < 4.78 is 52.4. The van der Waals surface area contributed by atoms with Crippen molar-refractivity contribution in [2.24, 2.45) is 0 Å². The van der Waals surface area contributed by atoms with Gasteiger partial charge in [-0.25, -0.2) is 8.42 Å². The molecule has 2 rings (SSSR count). The summed E-state index contributed by atoms with van der Waals surface area (Å²) in [4.78, 5) is 5.34. The Labute approximate surface area is 125 Å². The lowest BCUT2D eigenvalue weighted by atomic mass is 10.3. The molecule has 0 fully saturated rings. The zero-order valence-electron chi connectivity index (χ0n) is 11.8. The van der Waals surface area contributed by atoms with Crippen LogP contribution in [0.3, 0.4) is 0 Å². The Morgan fingerprint density at radius 2 is 1.91 bits per heavy atom. The molecule has 0 atom stereocenters. The SMILES string of the molecule is CN(C)c1noc(CNc2ccc(S(=O)(=O)C(F)F)cc2)n1. The maximum atomic E-state index is 12.4. The summed E-state index contributed by atoms with van der Waals surface area (Å²) in [5, 5.41) is 6.65. The summed E-state index contributed by atoms with van der Waals surface area (Å²) in [6, 6.07) is 5.00. The maximum Gasteiger partial charge on any atom is 0.341 e. The first-order valence-electron chi connectivity index (χ1n) is 6.16. The van der Waals surface area contributed by atoms with Crippen molar-refractivity contribution in [2.45, 2.75) is 17.2 Å². The number of nitrogens with one attached hydrogen (secondary N) is 1. The normalized spacial score (nSPS) is 11.7. The lowest BCUT2D eigenvalue weighted by Crippen LogP contribution is -2.11. The Morgan fingerprint density at radius 3 is 2.41 bits per heavy atom. The van der Waals surface area contributed by atoms with E-state index in [4.69, 9.17) is 4.52 Å². The number of rotatable bonds is 6. The maximum absolute atomic E-state index is 12.4. The fraction of sp³-hybridized carbons (Fsp3) is 0.333. The molecule has 1 aromatic heterocycles. The summed E-state index contributed by atoms with van der Waals surface area (Å²) in [5.41, 5.74) is 0.540. The highest BCUT2D eigenvalue weighted by Crippen LogP contribution is 2.20. The lowest BCUT2D eigenvalue weighted by Gasteiger charge is -2.06. The summed E-state index contributed by atoms with van der Waals surface area (Å²) in [7, 11) is -1.04. The molecular formula is C12H14F2N4O3S. The Kier molecular flexibility index (Phi) is 4.59. The van der Waals surface area contributed by atoms with E-state index in [0.29, 0.717) is 17.5 Å². The molecule has 22 heavy (non-hydrogen) atoms. The fourth-order valence-electron chi connectivity index (χ4n) is 1.54. The minimum Gasteiger partial charge on any atom is -0.376 e. The fourth-order valence-corrected chi connectivity index (χ4v) is 2.26. The van der Waals surface area contributed by atoms with Crippen molar-refractivity contribution in [2.75, 3.05) is 24.3 Å². The Hall–Kier alpha value is -2.23. The van der Waals surface area contributed by atoms with Crippen molar-refractivity contribution >= 4 is 21.5 Å². The highest BCUT2D eigenvalue weighted by molar-refractivity contribution is 7.91. The van der Waals surface area contributed by atoms with Crippen molar-refractivity contribution in [1.82, 2.24) is 10.1 Å². The van der Waals surface area contributed by atoms with E-state index in [1.54, 1.807) is 19.0 Å². The number of sulfone groups is 1. The number of alkyl halides is 2. The molecule has 2 aromatic rings. The van der Waals surface area contributed by atoms with Gasteiger partial charge in [0.1, 0.15) is 0 Å². The summed E-state index contributed by atoms with van der Waals surface area (Å²) in [6.07, 6.45) is 0. The number of hydrogen-bond acceptors (Lipinski definition) is 7. The molecule has 120 valence electrons. The van der Waals surface area contributed by atoms with E-state index in [0.717, 1.165) is 12.1 Å². The van der Waals surface area contributed by atoms with Gasteiger partial charge in [0, 0.05) is 19.8 Å². The highest BCUT2D eigenvalue weighted by Gasteiger charge is 2.26. The molecule has 0 spiro atoms. The smallest absolute Gasteiger partial charge is 0.341 e. The average molecular weight is 332 g/mol. The van der Waals surface area contributed by atoms with Crippen LogP contribution in [0.5, 0.6) is 0 Å². The van der Waals surface area contributed by atoms with Gasteiger partial charge in [0.25, 0.3) is 5.95 Å². The molecule has 0 saturated heterocycles. The minimum absolute atomic E-state index is 0.224. The van der Waals surface area contributed by atoms with Crippen molar-refractivity contribution < 1.29 is 21.7 Å². The van der Waals surface area contributed by atoms with Crippen LogP contribution in [-0.2, 0) is 16.4 Å². The standard InChI is InChI=1S/C12H14F2N4O3S/c1-18(2)12-16-10(21-17-12)7-15-8-3-5-9(6-4-8)22(19,20)11(13)14/h3-6,11,15H,7H2,1-2H3. The van der Waals surface area contributed by atoms with Crippen LogP contribution in [0.1, 0.15) is 5.89 Å². The molecule has 10 heteroatoms. The second kappa shape index (κ2) is 6.26. The number of anilines is 2. The van der Waals surface area contributed by atoms with Gasteiger partial charge in [-0.3, -0.25) is 0 Å². The van der Waals surface area contributed by atoms with Gasteiger partial charge in [-0.05, 0) is 29.4 Å². The second-order valence-electron chi connectivity index (χ2n) is 4.57. The second-order valence-corrected chi connectivity index (χ2v) is 6.48. The third kappa shape index (κ3) is 3.50. The van der Waals surface area contributed by atoms with Gasteiger partial charge < -0.3 is 14.7 Å². The van der Waals surface area contributed by atoms with Crippen molar-refractivity contribution in [3.8, 4) is 0 Å². The number of hydrogen-bond donors (Lipinski definition) is 1. The third-order valence-corrected chi connectivity index (χ3v) is 4.12. The van der Waals surface area contributed by atoms with Gasteiger partial charge in [0.05, 0.1) is 11.4 Å². The van der Waals surface area contributed by atoms with Gasteiger partial charge >= 0.3 is 5.76 Å². The van der Waals surface area contributed by atoms with Gasteiger partial charge in [0.2, 0.25) is 15.7 Å². The minimum atomic E-state index is -4.57. The Morgan fingerprint density at radius 1 is 1.27 bits per heavy atom. The quantitative estimate of drug-likeness (QED) is 0.862. The molecule has 0 aliphatic rings. The van der Waals surface area contributed by atoms with Crippen LogP contribution in [-0.4, -0.2) is 38.4 Å². The third-order valence-electron chi connectivity index (χ3n) is 2.72. The molecule has 1 N–H and O–H groups in total. The van der Waals surface area contributed by atoms with Gasteiger partial charge in [0.15, 0.2) is 0 Å². The largest absolute Gasteiger partial charge is 0.376 e. The monoisotopic (exact) mass is 332 g/mol. The Bertz CT molecular complexity index is 729. The first-order chi connectivity index (χ1) is 10.3. The molecule has 0 radical (unpaired) electrons. The van der Waals surface area contributed by atoms with Crippen molar-refractivity contribution in [3.63, 3.8) is 0 Å². The van der Waals surface area contributed by atoms with Crippen molar-refractivity contribution in [1.29, 1.82) is 0 Å². The van der Waals surface area contributed by atoms with E-state index in [1.165, 1.54) is 12.1 Å². The van der Waals surface area contributed by atoms with E-state index in [2.05, 4.69) is 15.5 Å². The number of halogens is 2. The molecule has 7 nitrogen and oxygen atoms in total. The zero-order valence-corrected chi connectivity index (χ0v) is 12.6. The first kappa shape index (κ1) is 16.1. The first-order valence-corrected chi connectivity index (χ1v) is 7.71. The molecule has 1 aromatic carbocycles. The highest BCUT2D eigenvalue weighted by atomic mass is 32.2. The van der Waals surface area contributed by atoms with Crippen LogP contribution < -0.4 is 10.2 Å². The Balaban J connectivity index is 2.02. The summed E-state index contributed by atoms with van der Waals surface area (Å²) >= 11 is 0. The van der Waals surface area contributed by atoms with Gasteiger partial charge in [-0.1, -0.05) is 0 Å². The van der Waals surface area contributed by atoms with Crippen LogP contribution in [0.25, 0.3) is 0 Å². The topological polar surface area (TPSA) is 88.3 Å². The summed E-state index contributed by atoms with van der Waals surface area (Å²) in [5.74, 6) is -2.67. The van der Waals surface area contributed by atoms with Crippen LogP contribution in [0, 0.1) is 0 Å². The van der Waals surface area contributed by atoms with Crippen LogP contribution in [0.4, 0.5) is 20.4 Å². The van der Waals surface area contributed by atoms with E-state index in [9.17, 15) is 17.2 Å². The predicted molar refractivity (Wildman–Crippen MR) is 75.6 cm³/mol.